The summed E-state index contributed by atoms with van der Waals surface area (Å²) in [6, 6.07) is 12.6. The molecule has 32 heavy (non-hydrogen) atoms. The first kappa shape index (κ1) is 22.3. The Morgan fingerprint density at radius 2 is 1.91 bits per heavy atom. The molecule has 0 saturated heterocycles. The normalized spacial score (nSPS) is 15.3. The van der Waals surface area contributed by atoms with E-state index in [-0.39, 0.29) is 24.3 Å². The third-order valence-corrected chi connectivity index (χ3v) is 7.09. The predicted molar refractivity (Wildman–Crippen MR) is 128 cm³/mol. The first-order chi connectivity index (χ1) is 15.5. The summed E-state index contributed by atoms with van der Waals surface area (Å²) in [6.45, 7) is 4.06. The molecule has 1 aliphatic carbocycles. The molecule has 4 rings (SSSR count). The van der Waals surface area contributed by atoms with Crippen molar-refractivity contribution in [3.05, 3.63) is 75.9 Å². The van der Waals surface area contributed by atoms with Crippen molar-refractivity contribution < 1.29 is 14.0 Å². The van der Waals surface area contributed by atoms with E-state index in [1.54, 1.807) is 34.6 Å². The molecule has 1 N–H and O–H groups in total. The molecule has 0 spiro atoms. The molecule has 5 nitrogen and oxygen atoms in total. The van der Waals surface area contributed by atoms with Gasteiger partial charge in [-0.1, -0.05) is 31.4 Å². The van der Waals surface area contributed by atoms with Gasteiger partial charge < -0.3 is 9.73 Å². The van der Waals surface area contributed by atoms with Crippen LogP contribution in [0.25, 0.3) is 0 Å². The lowest BCUT2D eigenvalue weighted by Crippen LogP contribution is -2.47. The van der Waals surface area contributed by atoms with Crippen LogP contribution in [0.2, 0.25) is 0 Å². The van der Waals surface area contributed by atoms with Crippen molar-refractivity contribution in [2.45, 2.75) is 64.5 Å². The van der Waals surface area contributed by atoms with E-state index in [0.717, 1.165) is 41.7 Å². The highest BCUT2D eigenvalue weighted by molar-refractivity contribution is 7.10. The SMILES string of the molecule is Cc1ccc(N(C(=O)Cc2cccs2)[C@H](C(=O)NC2CCCCC2)c2ccco2)cc1C. The number of nitrogens with one attached hydrogen (secondary N) is 1. The van der Waals surface area contributed by atoms with Gasteiger partial charge in [0.05, 0.1) is 12.7 Å². The van der Waals surface area contributed by atoms with Crippen molar-refractivity contribution in [3.8, 4) is 0 Å². The number of benzene rings is 1. The Hall–Kier alpha value is -2.86. The van der Waals surface area contributed by atoms with Gasteiger partial charge in [-0.05, 0) is 73.5 Å². The number of hydrogen-bond acceptors (Lipinski definition) is 4. The van der Waals surface area contributed by atoms with Gasteiger partial charge in [-0.2, -0.15) is 0 Å². The third-order valence-electron chi connectivity index (χ3n) is 6.21. The van der Waals surface area contributed by atoms with Crippen molar-refractivity contribution in [1.82, 2.24) is 5.32 Å². The van der Waals surface area contributed by atoms with Gasteiger partial charge in [0.1, 0.15) is 5.76 Å². The Kier molecular flexibility index (Phi) is 7.10. The summed E-state index contributed by atoms with van der Waals surface area (Å²) in [5.74, 6) is 0.150. The lowest BCUT2D eigenvalue weighted by atomic mass is 9.95. The number of thiophene rings is 1. The second kappa shape index (κ2) is 10.2. The van der Waals surface area contributed by atoms with Gasteiger partial charge in [-0.25, -0.2) is 0 Å². The standard InChI is InChI=1S/C26H30N2O3S/c1-18-12-13-21(16-19(18)2)28(24(29)17-22-10-7-15-32-22)25(23-11-6-14-31-23)26(30)27-20-8-4-3-5-9-20/h6-7,10-16,20,25H,3-5,8-9,17H2,1-2H3,(H,27,30)/t25-/m0/s1. The van der Waals surface area contributed by atoms with Crippen LogP contribution in [0.15, 0.2) is 58.5 Å². The molecule has 0 aliphatic heterocycles. The van der Waals surface area contributed by atoms with Crippen LogP contribution in [0.4, 0.5) is 5.69 Å². The smallest absolute Gasteiger partial charge is 0.251 e. The van der Waals surface area contributed by atoms with Gasteiger partial charge in [0.25, 0.3) is 5.91 Å². The summed E-state index contributed by atoms with van der Waals surface area (Å²) in [5.41, 5.74) is 2.91. The molecule has 3 aromatic rings. The van der Waals surface area contributed by atoms with Crippen molar-refractivity contribution in [1.29, 1.82) is 0 Å². The van der Waals surface area contributed by atoms with Gasteiger partial charge in [0.15, 0.2) is 6.04 Å². The monoisotopic (exact) mass is 450 g/mol. The minimum atomic E-state index is -0.860. The van der Waals surface area contributed by atoms with E-state index in [4.69, 9.17) is 4.42 Å². The fraction of sp³-hybridized carbons (Fsp3) is 0.385. The van der Waals surface area contributed by atoms with Crippen molar-refractivity contribution >= 4 is 28.8 Å². The Morgan fingerprint density at radius 1 is 1.09 bits per heavy atom. The second-order valence-corrected chi connectivity index (χ2v) is 9.58. The molecule has 168 valence electrons. The zero-order chi connectivity index (χ0) is 22.5. The number of furan rings is 1. The topological polar surface area (TPSA) is 62.6 Å². The zero-order valence-corrected chi connectivity index (χ0v) is 19.5. The Bertz CT molecular complexity index is 1040. The molecular formula is C26H30N2O3S. The van der Waals surface area contributed by atoms with Crippen LogP contribution >= 0.6 is 11.3 Å². The largest absolute Gasteiger partial charge is 0.467 e. The maximum Gasteiger partial charge on any atom is 0.251 e. The molecule has 1 aromatic carbocycles. The van der Waals surface area contributed by atoms with Gasteiger partial charge in [-0.3, -0.25) is 14.5 Å². The summed E-state index contributed by atoms with van der Waals surface area (Å²) in [5, 5.41) is 5.17. The summed E-state index contributed by atoms with van der Waals surface area (Å²) >= 11 is 1.54. The number of nitrogens with zero attached hydrogens (tertiary/aromatic N) is 1. The maximum absolute atomic E-state index is 13.7. The predicted octanol–water partition coefficient (Wildman–Crippen LogP) is 5.72. The summed E-state index contributed by atoms with van der Waals surface area (Å²) in [7, 11) is 0. The van der Waals surface area contributed by atoms with Crippen LogP contribution < -0.4 is 10.2 Å². The van der Waals surface area contributed by atoms with Crippen LogP contribution in [0.5, 0.6) is 0 Å². The van der Waals surface area contributed by atoms with Gasteiger partial charge >= 0.3 is 0 Å². The van der Waals surface area contributed by atoms with E-state index in [0.29, 0.717) is 11.4 Å². The molecule has 0 unspecified atom stereocenters. The number of hydrogen-bond donors (Lipinski definition) is 1. The molecular weight excluding hydrogens is 420 g/mol. The molecule has 2 amide bonds. The highest BCUT2D eigenvalue weighted by atomic mass is 32.1. The third kappa shape index (κ3) is 5.13. The van der Waals surface area contributed by atoms with E-state index >= 15 is 0 Å². The Balaban J connectivity index is 1.72. The average Bonchev–Trinajstić information content (AvgIpc) is 3.49. The van der Waals surface area contributed by atoms with E-state index in [1.807, 2.05) is 49.6 Å². The molecule has 2 heterocycles. The molecule has 0 bridgehead atoms. The number of rotatable bonds is 7. The van der Waals surface area contributed by atoms with Crippen LogP contribution in [0.3, 0.4) is 0 Å². The lowest BCUT2D eigenvalue weighted by Gasteiger charge is -2.32. The highest BCUT2D eigenvalue weighted by Crippen LogP contribution is 2.31. The molecule has 1 saturated carbocycles. The number of aryl methyl sites for hydroxylation is 2. The van der Waals surface area contributed by atoms with Crippen molar-refractivity contribution in [2.75, 3.05) is 4.90 Å². The molecule has 6 heteroatoms. The summed E-state index contributed by atoms with van der Waals surface area (Å²) < 4.78 is 5.70. The van der Waals surface area contributed by atoms with Gasteiger partial charge in [0.2, 0.25) is 5.91 Å². The number of carbonyl (C=O) groups excluding carboxylic acids is 2. The fourth-order valence-electron chi connectivity index (χ4n) is 4.31. The van der Waals surface area contributed by atoms with Crippen LogP contribution in [0.1, 0.15) is 59.9 Å². The molecule has 2 aromatic heterocycles. The maximum atomic E-state index is 13.7. The minimum absolute atomic E-state index is 0.129. The van der Waals surface area contributed by atoms with Crippen LogP contribution in [-0.4, -0.2) is 17.9 Å². The number of anilines is 1. The molecule has 1 fully saturated rings. The van der Waals surface area contributed by atoms with Gasteiger partial charge in [0, 0.05) is 16.6 Å². The Morgan fingerprint density at radius 3 is 2.56 bits per heavy atom. The first-order valence-corrected chi connectivity index (χ1v) is 12.2. The molecule has 1 aliphatic rings. The van der Waals surface area contributed by atoms with E-state index in [1.165, 1.54) is 6.42 Å². The van der Waals surface area contributed by atoms with Crippen molar-refractivity contribution in [2.24, 2.45) is 0 Å². The van der Waals surface area contributed by atoms with Crippen molar-refractivity contribution in [3.63, 3.8) is 0 Å². The van der Waals surface area contributed by atoms with E-state index in [2.05, 4.69) is 5.32 Å². The first-order valence-electron chi connectivity index (χ1n) is 11.3. The zero-order valence-electron chi connectivity index (χ0n) is 18.7. The second-order valence-electron chi connectivity index (χ2n) is 8.55. The van der Waals surface area contributed by atoms with E-state index < -0.39 is 6.04 Å². The summed E-state index contributed by atoms with van der Waals surface area (Å²) in [4.78, 5) is 29.9. The molecule has 1 atom stereocenters. The number of amides is 2. The average molecular weight is 451 g/mol. The van der Waals surface area contributed by atoms with E-state index in [9.17, 15) is 9.59 Å². The van der Waals surface area contributed by atoms with Crippen LogP contribution in [-0.2, 0) is 16.0 Å². The quantitative estimate of drug-likeness (QED) is 0.500. The Labute approximate surface area is 193 Å². The molecule has 0 radical (unpaired) electrons. The highest BCUT2D eigenvalue weighted by Gasteiger charge is 2.36. The van der Waals surface area contributed by atoms with Gasteiger partial charge in [-0.15, -0.1) is 11.3 Å². The minimum Gasteiger partial charge on any atom is -0.467 e. The summed E-state index contributed by atoms with van der Waals surface area (Å²) in [6.07, 6.45) is 7.19. The lowest BCUT2D eigenvalue weighted by molar-refractivity contribution is -0.127. The number of carbonyl (C=O) groups is 2. The fourth-order valence-corrected chi connectivity index (χ4v) is 5.00. The van der Waals surface area contributed by atoms with Crippen LogP contribution in [0, 0.1) is 13.8 Å².